The van der Waals surface area contributed by atoms with Crippen molar-refractivity contribution >= 4 is 40.3 Å². The van der Waals surface area contributed by atoms with Gasteiger partial charge in [-0.15, -0.1) is 0 Å². The first kappa shape index (κ1) is 12.6. The lowest BCUT2D eigenvalue weighted by Crippen LogP contribution is -2.06. The molecule has 0 unspecified atom stereocenters. The van der Waals surface area contributed by atoms with Gasteiger partial charge in [-0.1, -0.05) is 0 Å². The Hall–Kier alpha value is -0.430. The largest absolute Gasteiger partial charge is 0.492 e. The van der Waals surface area contributed by atoms with Crippen molar-refractivity contribution in [2.24, 2.45) is 0 Å². The molecule has 3 nitrogen and oxygen atoms in total. The van der Waals surface area contributed by atoms with Crippen LogP contribution in [0.5, 0.6) is 5.75 Å². The van der Waals surface area contributed by atoms with Gasteiger partial charge in [0, 0.05) is 9.32 Å². The van der Waals surface area contributed by atoms with Crippen molar-refractivity contribution in [1.82, 2.24) is 0 Å². The predicted octanol–water partition coefficient (Wildman–Crippen LogP) is 2.73. The second-order valence-electron chi connectivity index (χ2n) is 2.79. The van der Waals surface area contributed by atoms with E-state index in [0.29, 0.717) is 12.4 Å². The quantitative estimate of drug-likeness (QED) is 0.662. The van der Waals surface area contributed by atoms with Crippen LogP contribution in [-0.4, -0.2) is 29.7 Å². The van der Waals surface area contributed by atoms with Crippen molar-refractivity contribution in [3.8, 4) is 5.75 Å². The highest BCUT2D eigenvalue weighted by molar-refractivity contribution is 14.1. The molecule has 0 aliphatic rings. The third-order valence-electron chi connectivity index (χ3n) is 1.72. The van der Waals surface area contributed by atoms with Gasteiger partial charge < -0.3 is 9.84 Å². The Morgan fingerprint density at radius 3 is 2.93 bits per heavy atom. The van der Waals surface area contributed by atoms with Crippen LogP contribution >= 0.6 is 34.4 Å². The number of hydrogen-bond donors (Lipinski definition) is 1. The minimum absolute atomic E-state index is 0.225. The molecule has 0 radical (unpaired) electrons. The summed E-state index contributed by atoms with van der Waals surface area (Å²) >= 11 is 3.74. The van der Waals surface area contributed by atoms with Gasteiger partial charge in [0.25, 0.3) is 0 Å². The number of benzene rings is 1. The summed E-state index contributed by atoms with van der Waals surface area (Å²) in [5, 5.41) is 8.96. The van der Waals surface area contributed by atoms with E-state index in [-0.39, 0.29) is 5.56 Å². The van der Waals surface area contributed by atoms with E-state index < -0.39 is 5.97 Å². The summed E-state index contributed by atoms with van der Waals surface area (Å²) in [5.41, 5.74) is 0.225. The molecule has 0 saturated carbocycles. The Morgan fingerprint density at radius 1 is 1.60 bits per heavy atom. The van der Waals surface area contributed by atoms with Crippen LogP contribution in [0.1, 0.15) is 10.4 Å². The number of thioether (sulfide) groups is 1. The lowest BCUT2D eigenvalue weighted by Gasteiger charge is -2.08. The topological polar surface area (TPSA) is 46.5 Å². The monoisotopic (exact) mass is 338 g/mol. The summed E-state index contributed by atoms with van der Waals surface area (Å²) in [6.45, 7) is 0.530. The number of carbonyl (C=O) groups is 1. The van der Waals surface area contributed by atoms with E-state index in [4.69, 9.17) is 9.84 Å². The third kappa shape index (κ3) is 3.90. The minimum atomic E-state index is -0.951. The Bertz CT molecular complexity index is 355. The molecule has 15 heavy (non-hydrogen) atoms. The van der Waals surface area contributed by atoms with Gasteiger partial charge in [0.1, 0.15) is 11.3 Å². The first-order valence-electron chi connectivity index (χ1n) is 4.29. The average molecular weight is 338 g/mol. The molecule has 0 heterocycles. The van der Waals surface area contributed by atoms with Gasteiger partial charge in [-0.05, 0) is 47.0 Å². The SMILES string of the molecule is CSCCOc1ccc(I)cc1C(=O)O. The number of rotatable bonds is 5. The molecule has 0 bridgehead atoms. The van der Waals surface area contributed by atoms with Crippen molar-refractivity contribution in [3.05, 3.63) is 27.3 Å². The summed E-state index contributed by atoms with van der Waals surface area (Å²) in [6, 6.07) is 5.14. The van der Waals surface area contributed by atoms with Crippen LogP contribution in [0.25, 0.3) is 0 Å². The van der Waals surface area contributed by atoms with Crippen molar-refractivity contribution in [3.63, 3.8) is 0 Å². The molecule has 1 aromatic carbocycles. The molecule has 0 fully saturated rings. The van der Waals surface area contributed by atoms with Crippen LogP contribution in [0.4, 0.5) is 0 Å². The van der Waals surface area contributed by atoms with Gasteiger partial charge in [0.15, 0.2) is 0 Å². The molecule has 0 aliphatic carbocycles. The lowest BCUT2D eigenvalue weighted by atomic mass is 10.2. The fraction of sp³-hybridized carbons (Fsp3) is 0.300. The maximum Gasteiger partial charge on any atom is 0.339 e. The van der Waals surface area contributed by atoms with Gasteiger partial charge in [0.2, 0.25) is 0 Å². The number of halogens is 1. The standard InChI is InChI=1S/C10H11IO3S/c1-15-5-4-14-9-3-2-7(11)6-8(9)10(12)13/h2-3,6H,4-5H2,1H3,(H,12,13). The highest BCUT2D eigenvalue weighted by Crippen LogP contribution is 2.21. The maximum atomic E-state index is 10.9. The lowest BCUT2D eigenvalue weighted by molar-refractivity contribution is 0.0692. The molecular weight excluding hydrogens is 327 g/mol. The van der Waals surface area contributed by atoms with E-state index in [9.17, 15) is 4.79 Å². The van der Waals surface area contributed by atoms with Crippen molar-refractivity contribution in [2.75, 3.05) is 18.6 Å². The molecule has 0 amide bonds. The van der Waals surface area contributed by atoms with E-state index in [1.54, 1.807) is 23.9 Å². The van der Waals surface area contributed by atoms with Gasteiger partial charge in [-0.25, -0.2) is 4.79 Å². The Balaban J connectivity index is 2.81. The van der Waals surface area contributed by atoms with Crippen LogP contribution in [-0.2, 0) is 0 Å². The first-order valence-corrected chi connectivity index (χ1v) is 6.77. The highest BCUT2D eigenvalue weighted by atomic mass is 127. The van der Waals surface area contributed by atoms with Crippen LogP contribution in [0, 0.1) is 3.57 Å². The Labute approximate surface area is 106 Å². The second kappa shape index (κ2) is 6.22. The zero-order valence-corrected chi connectivity index (χ0v) is 11.2. The summed E-state index contributed by atoms with van der Waals surface area (Å²) in [4.78, 5) is 10.9. The Kier molecular flexibility index (Phi) is 5.24. The summed E-state index contributed by atoms with van der Waals surface area (Å²) < 4.78 is 6.28. The summed E-state index contributed by atoms with van der Waals surface area (Å²) in [5.74, 6) is 0.343. The number of ether oxygens (including phenoxy) is 1. The van der Waals surface area contributed by atoms with Crippen LogP contribution in [0.15, 0.2) is 18.2 Å². The van der Waals surface area contributed by atoms with E-state index >= 15 is 0 Å². The van der Waals surface area contributed by atoms with E-state index in [1.165, 1.54) is 0 Å². The molecule has 1 aromatic rings. The molecule has 0 spiro atoms. The van der Waals surface area contributed by atoms with E-state index in [0.717, 1.165) is 9.32 Å². The molecule has 0 atom stereocenters. The molecule has 0 saturated heterocycles. The van der Waals surface area contributed by atoms with Crippen LogP contribution < -0.4 is 4.74 Å². The smallest absolute Gasteiger partial charge is 0.339 e. The maximum absolute atomic E-state index is 10.9. The van der Waals surface area contributed by atoms with Gasteiger partial charge in [-0.2, -0.15) is 11.8 Å². The molecule has 0 aromatic heterocycles. The van der Waals surface area contributed by atoms with Gasteiger partial charge >= 0.3 is 5.97 Å². The molecular formula is C10H11IO3S. The van der Waals surface area contributed by atoms with Crippen LogP contribution in [0.2, 0.25) is 0 Å². The highest BCUT2D eigenvalue weighted by Gasteiger charge is 2.11. The number of carboxylic acids is 1. The van der Waals surface area contributed by atoms with Gasteiger partial charge in [-0.3, -0.25) is 0 Å². The van der Waals surface area contributed by atoms with Crippen molar-refractivity contribution < 1.29 is 14.6 Å². The number of hydrogen-bond acceptors (Lipinski definition) is 3. The molecule has 1 rings (SSSR count). The first-order chi connectivity index (χ1) is 7.15. The van der Waals surface area contributed by atoms with Crippen LogP contribution in [0.3, 0.4) is 0 Å². The van der Waals surface area contributed by atoms with E-state index in [2.05, 4.69) is 22.6 Å². The number of carboxylic acid groups (broad SMARTS) is 1. The van der Waals surface area contributed by atoms with E-state index in [1.807, 2.05) is 12.3 Å². The second-order valence-corrected chi connectivity index (χ2v) is 5.02. The zero-order chi connectivity index (χ0) is 11.3. The summed E-state index contributed by atoms with van der Waals surface area (Å²) in [6.07, 6.45) is 1.98. The zero-order valence-electron chi connectivity index (χ0n) is 8.20. The third-order valence-corrected chi connectivity index (χ3v) is 2.96. The number of aromatic carboxylic acids is 1. The normalized spacial score (nSPS) is 10.0. The molecule has 1 N–H and O–H groups in total. The average Bonchev–Trinajstić information content (AvgIpc) is 2.20. The van der Waals surface area contributed by atoms with Crippen molar-refractivity contribution in [2.45, 2.75) is 0 Å². The predicted molar refractivity (Wildman–Crippen MR) is 70.0 cm³/mol. The molecule has 0 aliphatic heterocycles. The molecule has 5 heteroatoms. The molecule has 82 valence electrons. The van der Waals surface area contributed by atoms with Gasteiger partial charge in [0.05, 0.1) is 6.61 Å². The fourth-order valence-corrected chi connectivity index (χ4v) is 1.77. The minimum Gasteiger partial charge on any atom is -0.492 e. The summed E-state index contributed by atoms with van der Waals surface area (Å²) in [7, 11) is 0. The Morgan fingerprint density at radius 2 is 2.33 bits per heavy atom. The fourth-order valence-electron chi connectivity index (χ4n) is 1.03. The van der Waals surface area contributed by atoms with Crippen molar-refractivity contribution in [1.29, 1.82) is 0 Å².